The van der Waals surface area contributed by atoms with Crippen LogP contribution >= 0.6 is 0 Å². The Bertz CT molecular complexity index is 491. The lowest BCUT2D eigenvalue weighted by Crippen LogP contribution is -2.57. The van der Waals surface area contributed by atoms with Gasteiger partial charge in [-0.15, -0.1) is 6.58 Å². The molecule has 0 N–H and O–H groups in total. The van der Waals surface area contributed by atoms with E-state index in [2.05, 4.69) is 6.58 Å². The molecule has 1 heterocycles. The van der Waals surface area contributed by atoms with Gasteiger partial charge in [0.25, 0.3) is 0 Å². The zero-order valence-corrected chi connectivity index (χ0v) is 11.8. The lowest BCUT2D eigenvalue weighted by Gasteiger charge is -2.49. The minimum Gasteiger partial charge on any atom is -0.448 e. The number of hydrogen-bond acceptors (Lipinski definition) is 2. The summed E-state index contributed by atoms with van der Waals surface area (Å²) in [6.45, 7) is 4.53. The number of anilines is 1. The fourth-order valence-corrected chi connectivity index (χ4v) is 3.65. The molecule has 2 fully saturated rings. The van der Waals surface area contributed by atoms with Crippen LogP contribution in [0.15, 0.2) is 43.0 Å². The largest absolute Gasteiger partial charge is 0.448 e. The normalized spacial score (nSPS) is 25.3. The molecule has 0 radical (unpaired) electrons. The highest BCUT2D eigenvalue weighted by Gasteiger charge is 2.48. The highest BCUT2D eigenvalue weighted by atomic mass is 16.6. The number of carbonyl (C=O) groups is 1. The van der Waals surface area contributed by atoms with Crippen LogP contribution in [0, 0.1) is 5.41 Å². The van der Waals surface area contributed by atoms with Crippen LogP contribution in [0.3, 0.4) is 0 Å². The average Bonchev–Trinajstić information content (AvgIpc) is 2.51. The van der Waals surface area contributed by atoms with Gasteiger partial charge in [-0.2, -0.15) is 0 Å². The van der Waals surface area contributed by atoms with Gasteiger partial charge in [-0.05, 0) is 25.0 Å². The van der Waals surface area contributed by atoms with Gasteiger partial charge >= 0.3 is 6.09 Å². The SMILES string of the molecule is C=CC1N(c2ccccc2)C(=O)OCC12CCCCC2. The maximum absolute atomic E-state index is 12.2. The molecule has 1 aliphatic carbocycles. The summed E-state index contributed by atoms with van der Waals surface area (Å²) in [5, 5.41) is 0. The summed E-state index contributed by atoms with van der Waals surface area (Å²) in [5.74, 6) is 0. The number of ether oxygens (including phenoxy) is 1. The van der Waals surface area contributed by atoms with Crippen molar-refractivity contribution in [1.29, 1.82) is 0 Å². The summed E-state index contributed by atoms with van der Waals surface area (Å²) in [6, 6.07) is 9.80. The maximum Gasteiger partial charge on any atom is 0.414 e. The molecule has 3 heteroatoms. The average molecular weight is 271 g/mol. The monoisotopic (exact) mass is 271 g/mol. The van der Waals surface area contributed by atoms with Crippen LogP contribution in [0.1, 0.15) is 32.1 Å². The number of carbonyl (C=O) groups excluding carboxylic acids is 1. The molecule has 0 bridgehead atoms. The van der Waals surface area contributed by atoms with E-state index >= 15 is 0 Å². The van der Waals surface area contributed by atoms with Gasteiger partial charge in [0.1, 0.15) is 6.61 Å². The van der Waals surface area contributed by atoms with Gasteiger partial charge in [0, 0.05) is 11.1 Å². The molecule has 1 spiro atoms. The van der Waals surface area contributed by atoms with E-state index in [1.54, 1.807) is 4.90 Å². The molecule has 1 aromatic rings. The highest BCUT2D eigenvalue weighted by molar-refractivity contribution is 5.89. The van der Waals surface area contributed by atoms with Crippen molar-refractivity contribution in [2.24, 2.45) is 5.41 Å². The van der Waals surface area contributed by atoms with Crippen LogP contribution in [0.4, 0.5) is 10.5 Å². The maximum atomic E-state index is 12.2. The van der Waals surface area contributed by atoms with E-state index in [9.17, 15) is 4.79 Å². The van der Waals surface area contributed by atoms with Crippen molar-refractivity contribution in [2.45, 2.75) is 38.1 Å². The first-order chi connectivity index (χ1) is 9.77. The number of benzene rings is 1. The van der Waals surface area contributed by atoms with Crippen LogP contribution in [0.2, 0.25) is 0 Å². The fourth-order valence-electron chi connectivity index (χ4n) is 3.65. The van der Waals surface area contributed by atoms with Gasteiger partial charge in [0.05, 0.1) is 6.04 Å². The van der Waals surface area contributed by atoms with Crippen LogP contribution in [0.25, 0.3) is 0 Å². The number of para-hydroxylation sites is 1. The second kappa shape index (κ2) is 5.31. The van der Waals surface area contributed by atoms with Crippen molar-refractivity contribution in [3.63, 3.8) is 0 Å². The summed E-state index contributed by atoms with van der Waals surface area (Å²) in [7, 11) is 0. The zero-order valence-electron chi connectivity index (χ0n) is 11.8. The number of cyclic esters (lactones) is 1. The Balaban J connectivity index is 1.98. The first kappa shape index (κ1) is 13.2. The minimum absolute atomic E-state index is 0.0337. The zero-order chi connectivity index (χ0) is 14.0. The second-order valence-electron chi connectivity index (χ2n) is 5.86. The molecule has 20 heavy (non-hydrogen) atoms. The van der Waals surface area contributed by atoms with E-state index in [-0.39, 0.29) is 17.6 Å². The van der Waals surface area contributed by atoms with Crippen molar-refractivity contribution in [3.05, 3.63) is 43.0 Å². The predicted molar refractivity (Wildman–Crippen MR) is 79.8 cm³/mol. The molecule has 3 rings (SSSR count). The Morgan fingerprint density at radius 1 is 1.20 bits per heavy atom. The van der Waals surface area contributed by atoms with E-state index in [1.165, 1.54) is 19.3 Å². The molecule has 3 nitrogen and oxygen atoms in total. The molecule has 1 aliphatic heterocycles. The Morgan fingerprint density at radius 2 is 1.90 bits per heavy atom. The van der Waals surface area contributed by atoms with Crippen LogP contribution in [-0.4, -0.2) is 18.7 Å². The summed E-state index contributed by atoms with van der Waals surface area (Å²) in [5.41, 5.74) is 0.941. The Hall–Kier alpha value is -1.77. The molecule has 1 saturated carbocycles. The van der Waals surface area contributed by atoms with E-state index in [0.717, 1.165) is 18.5 Å². The summed E-state index contributed by atoms with van der Waals surface area (Å²) >= 11 is 0. The van der Waals surface area contributed by atoms with Crippen molar-refractivity contribution < 1.29 is 9.53 Å². The first-order valence-corrected chi connectivity index (χ1v) is 7.40. The smallest absolute Gasteiger partial charge is 0.414 e. The van der Waals surface area contributed by atoms with Gasteiger partial charge in [-0.1, -0.05) is 43.5 Å². The molecule has 0 aromatic heterocycles. The molecular weight excluding hydrogens is 250 g/mol. The van der Waals surface area contributed by atoms with Crippen molar-refractivity contribution in [3.8, 4) is 0 Å². The number of amides is 1. The summed E-state index contributed by atoms with van der Waals surface area (Å²) in [6.07, 6.45) is 7.61. The Morgan fingerprint density at radius 3 is 2.55 bits per heavy atom. The van der Waals surface area contributed by atoms with Gasteiger partial charge in [0.15, 0.2) is 0 Å². The van der Waals surface area contributed by atoms with E-state index in [1.807, 2.05) is 36.4 Å². The number of hydrogen-bond donors (Lipinski definition) is 0. The van der Waals surface area contributed by atoms with Crippen molar-refractivity contribution >= 4 is 11.8 Å². The van der Waals surface area contributed by atoms with Gasteiger partial charge in [-0.3, -0.25) is 4.90 Å². The first-order valence-electron chi connectivity index (χ1n) is 7.40. The van der Waals surface area contributed by atoms with E-state index in [0.29, 0.717) is 6.61 Å². The topological polar surface area (TPSA) is 29.5 Å². The molecule has 1 aromatic carbocycles. The molecule has 1 unspecified atom stereocenters. The predicted octanol–water partition coefficient (Wildman–Crippen LogP) is 4.15. The molecule has 106 valence electrons. The summed E-state index contributed by atoms with van der Waals surface area (Å²) < 4.78 is 5.51. The van der Waals surface area contributed by atoms with Crippen LogP contribution < -0.4 is 4.90 Å². The number of rotatable bonds is 2. The van der Waals surface area contributed by atoms with Crippen LogP contribution in [0.5, 0.6) is 0 Å². The third-order valence-corrected chi connectivity index (χ3v) is 4.69. The molecular formula is C17H21NO2. The van der Waals surface area contributed by atoms with E-state index < -0.39 is 0 Å². The lowest BCUT2D eigenvalue weighted by atomic mass is 9.68. The minimum atomic E-state index is -0.253. The molecule has 1 atom stereocenters. The lowest BCUT2D eigenvalue weighted by molar-refractivity contribution is 0.0211. The quantitative estimate of drug-likeness (QED) is 0.756. The van der Waals surface area contributed by atoms with Gasteiger partial charge < -0.3 is 4.74 Å². The van der Waals surface area contributed by atoms with Gasteiger partial charge in [-0.25, -0.2) is 4.79 Å². The Kier molecular flexibility index (Phi) is 3.51. The molecule has 1 saturated heterocycles. The highest BCUT2D eigenvalue weighted by Crippen LogP contribution is 2.45. The molecule has 1 amide bonds. The van der Waals surface area contributed by atoms with Crippen molar-refractivity contribution in [2.75, 3.05) is 11.5 Å². The number of nitrogens with zero attached hydrogens (tertiary/aromatic N) is 1. The van der Waals surface area contributed by atoms with Crippen molar-refractivity contribution in [1.82, 2.24) is 0 Å². The molecule has 2 aliphatic rings. The fraction of sp³-hybridized carbons (Fsp3) is 0.471. The van der Waals surface area contributed by atoms with E-state index in [4.69, 9.17) is 4.74 Å². The summed E-state index contributed by atoms with van der Waals surface area (Å²) in [4.78, 5) is 14.0. The second-order valence-corrected chi connectivity index (χ2v) is 5.86. The third-order valence-electron chi connectivity index (χ3n) is 4.69. The van der Waals surface area contributed by atoms with Crippen LogP contribution in [-0.2, 0) is 4.74 Å². The Labute approximate surface area is 120 Å². The van der Waals surface area contributed by atoms with Gasteiger partial charge in [0.2, 0.25) is 0 Å². The third kappa shape index (κ3) is 2.11. The standard InChI is InChI=1S/C17H21NO2/c1-2-15-17(11-7-4-8-12-17)13-20-16(19)18(15)14-9-5-3-6-10-14/h2-3,5-6,9-10,15H,1,4,7-8,11-13H2.